The molecule has 2 heteroatoms. The van der Waals surface area contributed by atoms with Crippen LogP contribution in [0.2, 0.25) is 0 Å². The molecule has 0 aliphatic heterocycles. The average molecular weight is 262 g/mol. The molecular weight excluding hydrogens is 244 g/mol. The van der Waals surface area contributed by atoms with Crippen LogP contribution in [0.4, 0.5) is 5.82 Å². The Morgan fingerprint density at radius 3 is 2.35 bits per heavy atom. The van der Waals surface area contributed by atoms with Crippen LogP contribution in [0.15, 0.2) is 54.6 Å². The second kappa shape index (κ2) is 4.97. The van der Waals surface area contributed by atoms with E-state index in [1.54, 1.807) is 0 Å². The number of anilines is 1. The summed E-state index contributed by atoms with van der Waals surface area (Å²) in [6.45, 7) is 2.10. The van der Waals surface area contributed by atoms with Crippen LogP contribution in [0.1, 0.15) is 5.56 Å². The third kappa shape index (κ3) is 2.25. The van der Waals surface area contributed by atoms with Crippen LogP contribution in [0.5, 0.6) is 0 Å². The van der Waals surface area contributed by atoms with Crippen LogP contribution < -0.4 is 4.90 Å². The zero-order valence-electron chi connectivity index (χ0n) is 12.1. The number of rotatable bonds is 2. The van der Waals surface area contributed by atoms with Crippen molar-refractivity contribution in [2.45, 2.75) is 6.92 Å². The summed E-state index contributed by atoms with van der Waals surface area (Å²) in [5, 5.41) is 1.20. The van der Waals surface area contributed by atoms with Crippen LogP contribution in [-0.2, 0) is 0 Å². The van der Waals surface area contributed by atoms with E-state index in [2.05, 4.69) is 55.5 Å². The number of nitrogens with zero attached hydrogens (tertiary/aromatic N) is 2. The Hall–Kier alpha value is -2.35. The van der Waals surface area contributed by atoms with Gasteiger partial charge in [-0.25, -0.2) is 4.98 Å². The highest BCUT2D eigenvalue weighted by molar-refractivity contribution is 5.96. The first-order valence-corrected chi connectivity index (χ1v) is 6.79. The Kier molecular flexibility index (Phi) is 3.15. The second-order valence-electron chi connectivity index (χ2n) is 5.31. The lowest BCUT2D eigenvalue weighted by atomic mass is 10.00. The predicted octanol–water partition coefficient (Wildman–Crippen LogP) is 4.28. The molecule has 2 aromatic carbocycles. The van der Waals surface area contributed by atoms with Crippen LogP contribution in [0.25, 0.3) is 22.0 Å². The van der Waals surface area contributed by atoms with Gasteiger partial charge in [0.15, 0.2) is 0 Å². The summed E-state index contributed by atoms with van der Waals surface area (Å²) in [4.78, 5) is 6.80. The summed E-state index contributed by atoms with van der Waals surface area (Å²) in [5.41, 5.74) is 4.75. The zero-order valence-corrected chi connectivity index (χ0v) is 12.1. The molecule has 0 bridgehead atoms. The fraction of sp³-hybridized carbons (Fsp3) is 0.167. The highest BCUT2D eigenvalue weighted by atomic mass is 15.1. The fourth-order valence-corrected chi connectivity index (χ4v) is 2.41. The molecule has 0 aliphatic carbocycles. The van der Waals surface area contributed by atoms with E-state index in [4.69, 9.17) is 4.98 Å². The molecule has 0 saturated carbocycles. The first-order valence-electron chi connectivity index (χ1n) is 6.79. The molecule has 2 nitrogen and oxygen atoms in total. The molecule has 0 amide bonds. The number of benzene rings is 2. The van der Waals surface area contributed by atoms with E-state index in [0.29, 0.717) is 0 Å². The third-order valence-electron chi connectivity index (χ3n) is 3.49. The van der Waals surface area contributed by atoms with Gasteiger partial charge >= 0.3 is 0 Å². The van der Waals surface area contributed by atoms with Gasteiger partial charge in [-0.2, -0.15) is 0 Å². The largest absolute Gasteiger partial charge is 0.363 e. The first-order chi connectivity index (χ1) is 9.65. The maximum atomic E-state index is 4.75. The van der Waals surface area contributed by atoms with Gasteiger partial charge in [-0.05, 0) is 35.7 Å². The van der Waals surface area contributed by atoms with E-state index in [1.165, 1.54) is 22.1 Å². The normalized spacial score (nSPS) is 10.8. The molecule has 1 heterocycles. The van der Waals surface area contributed by atoms with Gasteiger partial charge in [-0.3, -0.25) is 0 Å². The Morgan fingerprint density at radius 1 is 0.900 bits per heavy atom. The van der Waals surface area contributed by atoms with Crippen molar-refractivity contribution in [2.75, 3.05) is 19.0 Å². The monoisotopic (exact) mass is 262 g/mol. The SMILES string of the molecule is Cc1ccc2c(-c3ccccc3)cc(N(C)C)nc2c1. The smallest absolute Gasteiger partial charge is 0.129 e. The number of aryl methyl sites for hydroxylation is 1. The number of hydrogen-bond acceptors (Lipinski definition) is 2. The molecule has 0 fully saturated rings. The topological polar surface area (TPSA) is 16.1 Å². The lowest BCUT2D eigenvalue weighted by Crippen LogP contribution is -2.10. The van der Waals surface area contributed by atoms with E-state index in [-0.39, 0.29) is 0 Å². The molecule has 3 rings (SSSR count). The van der Waals surface area contributed by atoms with Gasteiger partial charge in [0.2, 0.25) is 0 Å². The molecule has 3 aromatic rings. The van der Waals surface area contributed by atoms with Crippen LogP contribution >= 0.6 is 0 Å². The molecular formula is C18H18N2. The molecule has 100 valence electrons. The van der Waals surface area contributed by atoms with Crippen molar-refractivity contribution in [3.05, 3.63) is 60.2 Å². The van der Waals surface area contributed by atoms with Gasteiger partial charge in [0.25, 0.3) is 0 Å². The van der Waals surface area contributed by atoms with Crippen LogP contribution in [0, 0.1) is 6.92 Å². The molecule has 0 saturated heterocycles. The highest BCUT2D eigenvalue weighted by Crippen LogP contribution is 2.31. The van der Waals surface area contributed by atoms with E-state index in [1.807, 2.05) is 25.1 Å². The van der Waals surface area contributed by atoms with Crippen molar-refractivity contribution in [2.24, 2.45) is 0 Å². The number of pyridine rings is 1. The fourth-order valence-electron chi connectivity index (χ4n) is 2.41. The van der Waals surface area contributed by atoms with Gasteiger partial charge in [0.1, 0.15) is 5.82 Å². The summed E-state index contributed by atoms with van der Waals surface area (Å²) in [7, 11) is 4.05. The molecule has 0 N–H and O–H groups in total. The summed E-state index contributed by atoms with van der Waals surface area (Å²) in [6, 6.07) is 19.1. The van der Waals surface area contributed by atoms with E-state index >= 15 is 0 Å². The second-order valence-corrected chi connectivity index (χ2v) is 5.31. The van der Waals surface area contributed by atoms with Crippen molar-refractivity contribution in [1.29, 1.82) is 0 Å². The van der Waals surface area contributed by atoms with Crippen molar-refractivity contribution < 1.29 is 0 Å². The predicted molar refractivity (Wildman–Crippen MR) is 86.2 cm³/mol. The van der Waals surface area contributed by atoms with Crippen molar-refractivity contribution in [3.63, 3.8) is 0 Å². The molecule has 1 aromatic heterocycles. The highest BCUT2D eigenvalue weighted by Gasteiger charge is 2.09. The van der Waals surface area contributed by atoms with Crippen LogP contribution in [-0.4, -0.2) is 19.1 Å². The Balaban J connectivity index is 2.34. The number of hydrogen-bond donors (Lipinski definition) is 0. The van der Waals surface area contributed by atoms with E-state index in [9.17, 15) is 0 Å². The molecule has 0 aliphatic rings. The maximum absolute atomic E-state index is 4.75. The Bertz CT molecular complexity index is 746. The van der Waals surface area contributed by atoms with Crippen LogP contribution in [0.3, 0.4) is 0 Å². The van der Waals surface area contributed by atoms with E-state index < -0.39 is 0 Å². The minimum Gasteiger partial charge on any atom is -0.363 e. The van der Waals surface area contributed by atoms with Gasteiger partial charge in [-0.15, -0.1) is 0 Å². The molecule has 0 spiro atoms. The lowest BCUT2D eigenvalue weighted by molar-refractivity contribution is 1.08. The van der Waals surface area contributed by atoms with Crippen molar-refractivity contribution in [1.82, 2.24) is 4.98 Å². The zero-order chi connectivity index (χ0) is 14.1. The minimum atomic E-state index is 0.988. The average Bonchev–Trinajstić information content (AvgIpc) is 2.46. The first kappa shape index (κ1) is 12.7. The molecule has 20 heavy (non-hydrogen) atoms. The quantitative estimate of drug-likeness (QED) is 0.685. The summed E-state index contributed by atoms with van der Waals surface area (Å²) >= 11 is 0. The Labute approximate surface area is 119 Å². The standard InChI is InChI=1S/C18H18N2/c1-13-9-10-15-16(14-7-5-4-6-8-14)12-18(20(2)3)19-17(15)11-13/h4-12H,1-3H3. The number of fused-ring (bicyclic) bond motifs is 1. The molecule has 0 unspecified atom stereocenters. The molecule has 0 atom stereocenters. The van der Waals surface area contributed by atoms with Gasteiger partial charge in [0.05, 0.1) is 5.52 Å². The summed E-state index contributed by atoms with van der Waals surface area (Å²) in [5.74, 6) is 0.988. The number of aromatic nitrogens is 1. The maximum Gasteiger partial charge on any atom is 0.129 e. The van der Waals surface area contributed by atoms with Crippen molar-refractivity contribution >= 4 is 16.7 Å². The van der Waals surface area contributed by atoms with Gasteiger partial charge in [0, 0.05) is 19.5 Å². The summed E-state index contributed by atoms with van der Waals surface area (Å²) < 4.78 is 0. The Morgan fingerprint density at radius 2 is 1.65 bits per heavy atom. The molecule has 0 radical (unpaired) electrons. The summed E-state index contributed by atoms with van der Waals surface area (Å²) in [6.07, 6.45) is 0. The third-order valence-corrected chi connectivity index (χ3v) is 3.49. The van der Waals surface area contributed by atoms with Gasteiger partial charge < -0.3 is 4.90 Å². The minimum absolute atomic E-state index is 0.988. The van der Waals surface area contributed by atoms with Gasteiger partial charge in [-0.1, -0.05) is 42.5 Å². The van der Waals surface area contributed by atoms with E-state index in [0.717, 1.165) is 11.3 Å². The van der Waals surface area contributed by atoms with Crippen molar-refractivity contribution in [3.8, 4) is 11.1 Å². The lowest BCUT2D eigenvalue weighted by Gasteiger charge is -2.15.